The molecule has 0 atom stereocenters. The van der Waals surface area contributed by atoms with Gasteiger partial charge in [-0.15, -0.1) is 0 Å². The molecule has 0 N–H and O–H groups in total. The topological polar surface area (TPSA) is 38.9 Å². The van der Waals surface area contributed by atoms with E-state index in [-0.39, 0.29) is 0 Å². The van der Waals surface area contributed by atoms with Crippen LogP contribution in [0.5, 0.6) is 0 Å². The molecule has 180 valence electrons. The molecule has 38 heavy (non-hydrogen) atoms. The molecular formula is C34H21ClN2O. The van der Waals surface area contributed by atoms with Crippen LogP contribution in [-0.2, 0) is 0 Å². The summed E-state index contributed by atoms with van der Waals surface area (Å²) in [5.74, 6) is 0. The van der Waals surface area contributed by atoms with Crippen molar-refractivity contribution in [2.24, 2.45) is 0 Å². The van der Waals surface area contributed by atoms with Crippen LogP contribution in [0.2, 0.25) is 5.02 Å². The quantitative estimate of drug-likeness (QED) is 0.237. The minimum Gasteiger partial charge on any atom is -0.455 e. The predicted octanol–water partition coefficient (Wildman–Crippen LogP) is 9.70. The third kappa shape index (κ3) is 3.85. The number of rotatable bonds is 4. The maximum Gasteiger partial charge on any atom is 0.144 e. The van der Waals surface area contributed by atoms with Crippen molar-refractivity contribution < 1.29 is 4.42 Å². The Hall–Kier alpha value is -4.73. The minimum atomic E-state index is 0.675. The van der Waals surface area contributed by atoms with Crippen LogP contribution in [0.4, 0.5) is 0 Å². The molecule has 0 spiro atoms. The SMILES string of the molecule is Clc1ccc2oc3c(-c4nc(-c5ccccc5)c(-c5ccccc5)nc4-c4ccccc4)cccc3c2c1. The van der Waals surface area contributed by atoms with Crippen LogP contribution in [0.25, 0.3) is 67.0 Å². The first kappa shape index (κ1) is 22.5. The monoisotopic (exact) mass is 508 g/mol. The number of hydrogen-bond acceptors (Lipinski definition) is 3. The van der Waals surface area contributed by atoms with Crippen molar-refractivity contribution in [2.75, 3.05) is 0 Å². The fourth-order valence-corrected chi connectivity index (χ4v) is 5.14. The molecule has 0 saturated carbocycles. The lowest BCUT2D eigenvalue weighted by molar-refractivity contribution is 0.670. The fraction of sp³-hybridized carbons (Fsp3) is 0. The van der Waals surface area contributed by atoms with Gasteiger partial charge < -0.3 is 4.42 Å². The molecule has 4 heteroatoms. The normalized spacial score (nSPS) is 11.3. The van der Waals surface area contributed by atoms with Crippen LogP contribution in [0.3, 0.4) is 0 Å². The average Bonchev–Trinajstić information content (AvgIpc) is 3.36. The molecule has 0 bridgehead atoms. The van der Waals surface area contributed by atoms with E-state index in [2.05, 4.69) is 48.5 Å². The fourth-order valence-electron chi connectivity index (χ4n) is 4.97. The number of halogens is 1. The Morgan fingerprint density at radius 1 is 0.474 bits per heavy atom. The van der Waals surface area contributed by atoms with E-state index in [1.807, 2.05) is 78.9 Å². The zero-order valence-corrected chi connectivity index (χ0v) is 21.1. The molecule has 7 rings (SSSR count). The summed E-state index contributed by atoms with van der Waals surface area (Å²) in [6.45, 7) is 0. The van der Waals surface area contributed by atoms with E-state index in [1.165, 1.54) is 0 Å². The van der Waals surface area contributed by atoms with Gasteiger partial charge in [-0.3, -0.25) is 0 Å². The lowest BCUT2D eigenvalue weighted by Gasteiger charge is -2.16. The van der Waals surface area contributed by atoms with Crippen molar-refractivity contribution in [3.8, 4) is 45.0 Å². The molecule has 0 aliphatic carbocycles. The highest BCUT2D eigenvalue weighted by Crippen LogP contribution is 2.41. The zero-order valence-electron chi connectivity index (χ0n) is 20.3. The van der Waals surface area contributed by atoms with Crippen molar-refractivity contribution in [3.05, 3.63) is 132 Å². The second-order valence-electron chi connectivity index (χ2n) is 9.14. The van der Waals surface area contributed by atoms with Gasteiger partial charge in [0.05, 0.1) is 17.1 Å². The first-order valence-corrected chi connectivity index (χ1v) is 12.8. The molecule has 7 aromatic rings. The molecule has 2 heterocycles. The van der Waals surface area contributed by atoms with E-state index in [9.17, 15) is 0 Å². The maximum atomic E-state index is 6.42. The number of para-hydroxylation sites is 1. The third-order valence-electron chi connectivity index (χ3n) is 6.75. The van der Waals surface area contributed by atoms with Crippen LogP contribution in [0, 0.1) is 0 Å². The third-order valence-corrected chi connectivity index (χ3v) is 6.99. The van der Waals surface area contributed by atoms with Crippen molar-refractivity contribution >= 4 is 33.5 Å². The summed E-state index contributed by atoms with van der Waals surface area (Å²) in [7, 11) is 0. The van der Waals surface area contributed by atoms with E-state index in [1.54, 1.807) is 0 Å². The summed E-state index contributed by atoms with van der Waals surface area (Å²) < 4.78 is 6.42. The highest BCUT2D eigenvalue weighted by molar-refractivity contribution is 6.31. The first-order chi connectivity index (χ1) is 18.8. The Kier molecular flexibility index (Phi) is 5.49. The molecule has 5 aromatic carbocycles. The van der Waals surface area contributed by atoms with E-state index in [4.69, 9.17) is 26.0 Å². The van der Waals surface area contributed by atoms with Gasteiger partial charge in [0.15, 0.2) is 0 Å². The molecule has 0 aliphatic heterocycles. The highest BCUT2D eigenvalue weighted by atomic mass is 35.5. The summed E-state index contributed by atoms with van der Waals surface area (Å²) in [6.07, 6.45) is 0. The smallest absolute Gasteiger partial charge is 0.144 e. The summed E-state index contributed by atoms with van der Waals surface area (Å²) in [4.78, 5) is 10.7. The summed E-state index contributed by atoms with van der Waals surface area (Å²) in [5.41, 5.74) is 8.67. The number of furan rings is 1. The minimum absolute atomic E-state index is 0.675. The molecule has 0 radical (unpaired) electrons. The van der Waals surface area contributed by atoms with Gasteiger partial charge >= 0.3 is 0 Å². The Morgan fingerprint density at radius 3 is 1.58 bits per heavy atom. The summed E-state index contributed by atoms with van der Waals surface area (Å²) in [6, 6.07) is 42.5. The van der Waals surface area contributed by atoms with Gasteiger partial charge in [0, 0.05) is 38.0 Å². The molecule has 0 fully saturated rings. The number of benzene rings is 5. The van der Waals surface area contributed by atoms with Gasteiger partial charge in [-0.25, -0.2) is 9.97 Å². The average molecular weight is 509 g/mol. The van der Waals surface area contributed by atoms with Gasteiger partial charge in [0.2, 0.25) is 0 Å². The van der Waals surface area contributed by atoms with E-state index >= 15 is 0 Å². The van der Waals surface area contributed by atoms with Crippen LogP contribution in [-0.4, -0.2) is 9.97 Å². The Morgan fingerprint density at radius 2 is 1.00 bits per heavy atom. The van der Waals surface area contributed by atoms with Gasteiger partial charge in [-0.2, -0.15) is 0 Å². The van der Waals surface area contributed by atoms with Crippen LogP contribution in [0.15, 0.2) is 132 Å². The van der Waals surface area contributed by atoms with Crippen molar-refractivity contribution in [1.82, 2.24) is 9.97 Å². The van der Waals surface area contributed by atoms with E-state index in [0.717, 1.165) is 67.0 Å². The number of aromatic nitrogens is 2. The molecule has 2 aromatic heterocycles. The maximum absolute atomic E-state index is 6.42. The van der Waals surface area contributed by atoms with Gasteiger partial charge in [-0.05, 0) is 24.3 Å². The Bertz CT molecular complexity index is 1910. The Balaban J connectivity index is 1.59. The first-order valence-electron chi connectivity index (χ1n) is 12.5. The standard InChI is InChI=1S/C34H21ClN2O/c35-25-19-20-29-28(21-25)26-17-10-18-27(34(26)38-29)33-32(24-15-8-3-9-16-24)36-30(22-11-4-1-5-12-22)31(37-33)23-13-6-2-7-14-23/h1-21H. The highest BCUT2D eigenvalue weighted by Gasteiger charge is 2.22. The zero-order chi connectivity index (χ0) is 25.5. The van der Waals surface area contributed by atoms with Crippen LogP contribution < -0.4 is 0 Å². The van der Waals surface area contributed by atoms with Gasteiger partial charge in [-0.1, -0.05) is 115 Å². The lowest BCUT2D eigenvalue weighted by atomic mass is 9.98. The van der Waals surface area contributed by atoms with Gasteiger partial charge in [0.25, 0.3) is 0 Å². The number of nitrogens with zero attached hydrogens (tertiary/aromatic N) is 2. The Labute approximate surface area is 225 Å². The van der Waals surface area contributed by atoms with Crippen molar-refractivity contribution in [3.63, 3.8) is 0 Å². The molecule has 3 nitrogen and oxygen atoms in total. The van der Waals surface area contributed by atoms with Crippen molar-refractivity contribution in [2.45, 2.75) is 0 Å². The largest absolute Gasteiger partial charge is 0.455 e. The molecule has 0 amide bonds. The van der Waals surface area contributed by atoms with Crippen LogP contribution >= 0.6 is 11.6 Å². The van der Waals surface area contributed by atoms with Gasteiger partial charge in [0.1, 0.15) is 16.9 Å². The molecule has 0 aliphatic rings. The molecular weight excluding hydrogens is 488 g/mol. The second-order valence-corrected chi connectivity index (χ2v) is 9.58. The molecule has 0 unspecified atom stereocenters. The predicted molar refractivity (Wildman–Crippen MR) is 156 cm³/mol. The lowest BCUT2D eigenvalue weighted by Crippen LogP contribution is -2.01. The van der Waals surface area contributed by atoms with E-state index in [0.29, 0.717) is 5.02 Å². The number of hydrogen-bond donors (Lipinski definition) is 0. The van der Waals surface area contributed by atoms with E-state index < -0.39 is 0 Å². The molecule has 0 saturated heterocycles. The number of fused-ring (bicyclic) bond motifs is 3. The second kappa shape index (κ2) is 9.29. The van der Waals surface area contributed by atoms with Crippen LogP contribution in [0.1, 0.15) is 0 Å². The van der Waals surface area contributed by atoms with Crippen molar-refractivity contribution in [1.29, 1.82) is 0 Å². The summed E-state index contributed by atoms with van der Waals surface area (Å²) >= 11 is 6.34. The summed E-state index contributed by atoms with van der Waals surface area (Å²) in [5, 5.41) is 2.65.